The summed E-state index contributed by atoms with van der Waals surface area (Å²) < 4.78 is 0. The Morgan fingerprint density at radius 3 is 2.64 bits per heavy atom. The lowest BCUT2D eigenvalue weighted by molar-refractivity contribution is -0.120. The first-order chi connectivity index (χ1) is 12.1. The normalized spacial score (nSPS) is 20.6. The third-order valence-corrected chi connectivity index (χ3v) is 5.00. The smallest absolute Gasteiger partial charge is 0.256 e. The molecule has 3 heterocycles. The summed E-state index contributed by atoms with van der Waals surface area (Å²) in [7, 11) is 0. The quantitative estimate of drug-likeness (QED) is 0.770. The molecule has 0 aliphatic carbocycles. The number of amides is 1. The van der Waals surface area contributed by atoms with E-state index in [1.165, 1.54) is 5.01 Å². The maximum Gasteiger partial charge on any atom is 0.256 e. The molecule has 1 aromatic heterocycles. The van der Waals surface area contributed by atoms with Gasteiger partial charge in [-0.15, -0.1) is 0 Å². The molecule has 1 unspecified atom stereocenters. The van der Waals surface area contributed by atoms with E-state index in [0.29, 0.717) is 16.7 Å². The number of nitrogens with zero attached hydrogens (tertiary/aromatic N) is 4. The van der Waals surface area contributed by atoms with Crippen molar-refractivity contribution in [3.8, 4) is 0 Å². The molecule has 0 N–H and O–H groups in total. The Kier molecular flexibility index (Phi) is 4.46. The van der Waals surface area contributed by atoms with Gasteiger partial charge in [0.2, 0.25) is 0 Å². The summed E-state index contributed by atoms with van der Waals surface area (Å²) in [5.74, 6) is -0.0691. The number of benzene rings is 1. The molecule has 5 nitrogen and oxygen atoms in total. The number of likely N-dealkylation sites (tertiary alicyclic amines) is 1. The zero-order chi connectivity index (χ0) is 17.4. The summed E-state index contributed by atoms with van der Waals surface area (Å²) >= 11 is 11.8. The Hall–Kier alpha value is -1.95. The van der Waals surface area contributed by atoms with Crippen LogP contribution < -0.4 is 5.01 Å². The minimum Gasteiger partial charge on any atom is -0.293 e. The van der Waals surface area contributed by atoms with Crippen molar-refractivity contribution in [3.05, 3.63) is 58.3 Å². The third kappa shape index (κ3) is 3.40. The van der Waals surface area contributed by atoms with Crippen LogP contribution in [0.4, 0.5) is 5.69 Å². The number of carbonyl (C=O) groups is 1. The van der Waals surface area contributed by atoms with Gasteiger partial charge in [0.1, 0.15) is 5.15 Å². The Morgan fingerprint density at radius 1 is 1.12 bits per heavy atom. The second-order valence-electron chi connectivity index (χ2n) is 6.26. The SMILES string of the molecule is O=C1C2CCN(Cc3ccc(Cl)nc3)CC2=NN1c1ccc(Cl)cc1. The first kappa shape index (κ1) is 16.5. The summed E-state index contributed by atoms with van der Waals surface area (Å²) in [5, 5.41) is 7.21. The molecule has 2 aliphatic heterocycles. The van der Waals surface area contributed by atoms with Gasteiger partial charge in [-0.1, -0.05) is 29.3 Å². The lowest BCUT2D eigenvalue weighted by Gasteiger charge is -2.29. The average Bonchev–Trinajstić information content (AvgIpc) is 2.94. The van der Waals surface area contributed by atoms with Crippen molar-refractivity contribution in [1.82, 2.24) is 9.88 Å². The van der Waals surface area contributed by atoms with Gasteiger partial charge in [0.15, 0.2) is 0 Å². The van der Waals surface area contributed by atoms with E-state index in [4.69, 9.17) is 23.2 Å². The third-order valence-electron chi connectivity index (χ3n) is 4.52. The van der Waals surface area contributed by atoms with E-state index in [-0.39, 0.29) is 11.8 Å². The standard InChI is InChI=1S/C18H16Cl2N4O/c19-13-2-4-14(5-3-13)24-18(25)15-7-8-23(11-16(15)22-24)10-12-1-6-17(20)21-9-12/h1-6,9,15H,7-8,10-11H2. The molecule has 128 valence electrons. The highest BCUT2D eigenvalue weighted by Gasteiger charge is 2.39. The number of fused-ring (bicyclic) bond motifs is 1. The van der Waals surface area contributed by atoms with Crippen LogP contribution in [0.25, 0.3) is 0 Å². The van der Waals surface area contributed by atoms with E-state index in [2.05, 4.69) is 15.0 Å². The minimum atomic E-state index is -0.115. The van der Waals surface area contributed by atoms with Crippen LogP contribution in [0.5, 0.6) is 0 Å². The van der Waals surface area contributed by atoms with Crippen molar-refractivity contribution >= 4 is 40.5 Å². The zero-order valence-electron chi connectivity index (χ0n) is 13.4. The van der Waals surface area contributed by atoms with Gasteiger partial charge in [-0.25, -0.2) is 9.99 Å². The summed E-state index contributed by atoms with van der Waals surface area (Å²) in [4.78, 5) is 19.1. The van der Waals surface area contributed by atoms with E-state index in [9.17, 15) is 4.79 Å². The van der Waals surface area contributed by atoms with Gasteiger partial charge in [0.25, 0.3) is 5.91 Å². The van der Waals surface area contributed by atoms with Crippen molar-refractivity contribution < 1.29 is 4.79 Å². The molecule has 0 radical (unpaired) electrons. The number of anilines is 1. The first-order valence-corrected chi connectivity index (χ1v) is 8.85. The van der Waals surface area contributed by atoms with Crippen LogP contribution in [0, 0.1) is 5.92 Å². The highest BCUT2D eigenvalue weighted by atomic mass is 35.5. The number of piperidine rings is 1. The van der Waals surface area contributed by atoms with Crippen LogP contribution in [0.3, 0.4) is 0 Å². The molecule has 2 aliphatic rings. The number of carbonyl (C=O) groups excluding carboxylic acids is 1. The van der Waals surface area contributed by atoms with Crippen molar-refractivity contribution in [1.29, 1.82) is 0 Å². The number of aromatic nitrogens is 1. The number of hydrogen-bond donors (Lipinski definition) is 0. The molecule has 2 aromatic rings. The summed E-state index contributed by atoms with van der Waals surface area (Å²) in [5.41, 5.74) is 2.78. The Morgan fingerprint density at radius 2 is 1.92 bits per heavy atom. The molecule has 0 saturated carbocycles. The highest BCUT2D eigenvalue weighted by Crippen LogP contribution is 2.29. The van der Waals surface area contributed by atoms with Gasteiger partial charge < -0.3 is 0 Å². The molecule has 1 aromatic carbocycles. The fourth-order valence-electron chi connectivity index (χ4n) is 3.25. The van der Waals surface area contributed by atoms with Gasteiger partial charge in [-0.3, -0.25) is 9.69 Å². The maximum absolute atomic E-state index is 12.7. The molecule has 1 saturated heterocycles. The molecule has 1 atom stereocenters. The molecule has 0 bridgehead atoms. The van der Waals surface area contributed by atoms with E-state index in [1.54, 1.807) is 24.4 Å². The second kappa shape index (κ2) is 6.75. The topological polar surface area (TPSA) is 48.8 Å². The van der Waals surface area contributed by atoms with Crippen LogP contribution in [-0.4, -0.2) is 34.6 Å². The van der Waals surface area contributed by atoms with E-state index >= 15 is 0 Å². The molecule has 0 spiro atoms. The number of hydrogen-bond acceptors (Lipinski definition) is 4. The van der Waals surface area contributed by atoms with Crippen LogP contribution >= 0.6 is 23.2 Å². The van der Waals surface area contributed by atoms with Gasteiger partial charge in [-0.05, 0) is 42.3 Å². The number of hydrazone groups is 1. The fraction of sp³-hybridized carbons (Fsp3) is 0.278. The number of pyridine rings is 1. The van der Waals surface area contributed by atoms with Crippen molar-refractivity contribution in [2.45, 2.75) is 13.0 Å². The van der Waals surface area contributed by atoms with Crippen molar-refractivity contribution in [3.63, 3.8) is 0 Å². The van der Waals surface area contributed by atoms with Crippen LogP contribution in [0.1, 0.15) is 12.0 Å². The molecular weight excluding hydrogens is 359 g/mol. The second-order valence-corrected chi connectivity index (χ2v) is 7.08. The maximum atomic E-state index is 12.7. The molecule has 1 amide bonds. The van der Waals surface area contributed by atoms with E-state index in [1.807, 2.05) is 18.2 Å². The van der Waals surface area contributed by atoms with E-state index in [0.717, 1.165) is 36.5 Å². The van der Waals surface area contributed by atoms with E-state index < -0.39 is 0 Å². The monoisotopic (exact) mass is 374 g/mol. The van der Waals surface area contributed by atoms with Crippen LogP contribution in [0.15, 0.2) is 47.7 Å². The molecule has 1 fully saturated rings. The van der Waals surface area contributed by atoms with Crippen molar-refractivity contribution in [2.24, 2.45) is 11.0 Å². The summed E-state index contributed by atoms with van der Waals surface area (Å²) in [6, 6.07) is 10.9. The van der Waals surface area contributed by atoms with Gasteiger partial charge in [0, 0.05) is 30.9 Å². The molecule has 25 heavy (non-hydrogen) atoms. The lowest BCUT2D eigenvalue weighted by atomic mass is 9.94. The molecule has 4 rings (SSSR count). The summed E-state index contributed by atoms with van der Waals surface area (Å²) in [6.07, 6.45) is 2.57. The predicted molar refractivity (Wildman–Crippen MR) is 99.0 cm³/mol. The average molecular weight is 375 g/mol. The number of rotatable bonds is 3. The fourth-order valence-corrected chi connectivity index (χ4v) is 3.49. The van der Waals surface area contributed by atoms with Gasteiger partial charge >= 0.3 is 0 Å². The van der Waals surface area contributed by atoms with Gasteiger partial charge in [0.05, 0.1) is 17.3 Å². The number of halogens is 2. The summed E-state index contributed by atoms with van der Waals surface area (Å²) in [6.45, 7) is 2.31. The minimum absolute atomic E-state index is 0.0464. The Bertz CT molecular complexity index is 820. The largest absolute Gasteiger partial charge is 0.293 e. The Labute approximate surface area is 155 Å². The van der Waals surface area contributed by atoms with Gasteiger partial charge in [-0.2, -0.15) is 5.10 Å². The molecular formula is C18H16Cl2N4O. The lowest BCUT2D eigenvalue weighted by Crippen LogP contribution is -2.41. The van der Waals surface area contributed by atoms with Crippen LogP contribution in [-0.2, 0) is 11.3 Å². The first-order valence-electron chi connectivity index (χ1n) is 8.10. The highest BCUT2D eigenvalue weighted by molar-refractivity contribution is 6.30. The van der Waals surface area contributed by atoms with Crippen molar-refractivity contribution in [2.75, 3.05) is 18.1 Å². The Balaban J connectivity index is 1.49. The van der Waals surface area contributed by atoms with Crippen LogP contribution in [0.2, 0.25) is 10.2 Å². The predicted octanol–water partition coefficient (Wildman–Crippen LogP) is 3.61. The molecule has 7 heteroatoms. The zero-order valence-corrected chi connectivity index (χ0v) is 14.9.